The maximum Gasteiger partial charge on any atom is 2.00 e. The monoisotopic (exact) mass is 326 g/mol. The normalized spacial score (nSPS) is 11.0. The molecule has 0 fully saturated rings. The average Bonchev–Trinajstić information content (AvgIpc) is 2.44. The fraction of sp³-hybridized carbons (Fsp3) is 0.882. The zero-order valence-corrected chi connectivity index (χ0v) is 15.8. The molecule has 0 aliphatic carbocycles. The van der Waals surface area contributed by atoms with Gasteiger partial charge < -0.3 is 13.1 Å². The molecule has 0 aliphatic heterocycles. The van der Waals surface area contributed by atoms with Gasteiger partial charge in [-0.05, 0) is 12.8 Å². The Kier molecular flexibility index (Phi) is 15.6. The number of carboxylic acid groups (broad SMARTS) is 2. The van der Waals surface area contributed by atoms with Gasteiger partial charge in [-0.15, -0.1) is 0 Å². The summed E-state index contributed by atoms with van der Waals surface area (Å²) in [6.45, 7) is 4.24. The van der Waals surface area contributed by atoms with E-state index in [2.05, 4.69) is 13.8 Å². The smallest absolute Gasteiger partial charge is 1.00 e. The molecule has 0 atom stereocenters. The molecule has 0 rings (SSSR count). The molecule has 0 unspecified atom stereocenters. The predicted molar refractivity (Wildman–Crippen MR) is 92.4 cm³/mol. The van der Waals surface area contributed by atoms with Crippen LogP contribution in [0.1, 0.15) is 93.8 Å². The summed E-state index contributed by atoms with van der Waals surface area (Å²) < 4.78 is 0. The molecule has 0 heterocycles. The fourth-order valence-corrected chi connectivity index (χ4v) is 2.70. The fourth-order valence-electron chi connectivity index (χ4n) is 2.70. The first-order chi connectivity index (χ1) is 10.0. The second-order valence-electron chi connectivity index (χ2n) is 6.02. The minimum absolute atomic E-state index is 0. The number of carbonyl (C=O) groups is 2. The van der Waals surface area contributed by atoms with E-state index in [1.165, 1.54) is 0 Å². The largest absolute Gasteiger partial charge is 2.00 e. The van der Waals surface area contributed by atoms with Crippen molar-refractivity contribution >= 4 is 35.0 Å². The van der Waals surface area contributed by atoms with Crippen molar-refractivity contribution in [2.45, 2.75) is 90.9 Å². The van der Waals surface area contributed by atoms with Gasteiger partial charge in [-0.2, -0.15) is 0 Å². The number of unbranched alkanes of at least 4 members (excludes halogenated alkanes) is 8. The van der Waals surface area contributed by atoms with Gasteiger partial charge in [-0.25, -0.2) is 0 Å². The van der Waals surface area contributed by atoms with E-state index in [4.69, 9.17) is 0 Å². The van der Waals surface area contributed by atoms with Gasteiger partial charge in [0.05, 0.1) is 0 Å². The molecule has 0 aromatic carbocycles. The van der Waals surface area contributed by atoms with Gasteiger partial charge >= 0.3 is 35.0 Å². The third kappa shape index (κ3) is 8.98. The molecule has 0 radical (unpaired) electrons. The SMILES string of the molecule is CCCCCCCC(CCCCCCC)(C(=O)O)C(=O)O.[H-].[H-].[Mg+2]. The number of aliphatic carboxylic acids is 2. The molecule has 22 heavy (non-hydrogen) atoms. The summed E-state index contributed by atoms with van der Waals surface area (Å²) in [5.74, 6) is -2.33. The van der Waals surface area contributed by atoms with E-state index < -0.39 is 17.4 Å². The van der Waals surface area contributed by atoms with Gasteiger partial charge in [-0.3, -0.25) is 9.59 Å². The van der Waals surface area contributed by atoms with Gasteiger partial charge in [0.25, 0.3) is 0 Å². The van der Waals surface area contributed by atoms with Crippen LogP contribution in [0.5, 0.6) is 0 Å². The van der Waals surface area contributed by atoms with Gasteiger partial charge in [0.2, 0.25) is 0 Å². The maximum absolute atomic E-state index is 11.5. The number of rotatable bonds is 14. The first kappa shape index (κ1) is 24.0. The second-order valence-corrected chi connectivity index (χ2v) is 6.02. The van der Waals surface area contributed by atoms with Crippen molar-refractivity contribution in [3.05, 3.63) is 0 Å². The van der Waals surface area contributed by atoms with E-state index in [-0.39, 0.29) is 38.7 Å². The first-order valence-corrected chi connectivity index (χ1v) is 8.48. The Morgan fingerprint density at radius 1 is 0.727 bits per heavy atom. The van der Waals surface area contributed by atoms with Crippen LogP contribution in [0.15, 0.2) is 0 Å². The summed E-state index contributed by atoms with van der Waals surface area (Å²) in [6, 6.07) is 0. The topological polar surface area (TPSA) is 74.6 Å². The molecule has 0 saturated heterocycles. The maximum atomic E-state index is 11.5. The molecule has 0 aromatic rings. The molecule has 0 bridgehead atoms. The Morgan fingerprint density at radius 3 is 1.32 bits per heavy atom. The minimum Gasteiger partial charge on any atom is -1.00 e. The predicted octanol–water partition coefficient (Wildman–Crippen LogP) is 4.71. The van der Waals surface area contributed by atoms with Crippen LogP contribution in [0, 0.1) is 5.41 Å². The molecule has 0 amide bonds. The van der Waals surface area contributed by atoms with E-state index in [1.54, 1.807) is 0 Å². The number of hydrogen-bond acceptors (Lipinski definition) is 2. The van der Waals surface area contributed by atoms with E-state index in [1.807, 2.05) is 0 Å². The first-order valence-electron chi connectivity index (χ1n) is 8.48. The molecule has 0 saturated carbocycles. The van der Waals surface area contributed by atoms with Crippen LogP contribution in [0.25, 0.3) is 0 Å². The summed E-state index contributed by atoms with van der Waals surface area (Å²) in [5, 5.41) is 18.8. The quantitative estimate of drug-likeness (QED) is 0.275. The molecular formula is C17H34MgO4. The van der Waals surface area contributed by atoms with Crippen molar-refractivity contribution in [1.29, 1.82) is 0 Å². The van der Waals surface area contributed by atoms with Crippen molar-refractivity contribution in [3.63, 3.8) is 0 Å². The van der Waals surface area contributed by atoms with Crippen LogP contribution in [-0.2, 0) is 9.59 Å². The van der Waals surface area contributed by atoms with Crippen molar-refractivity contribution in [3.8, 4) is 0 Å². The molecule has 2 N–H and O–H groups in total. The Balaban J connectivity index is -0.000000667. The van der Waals surface area contributed by atoms with E-state index in [0.29, 0.717) is 12.8 Å². The van der Waals surface area contributed by atoms with Crippen LogP contribution in [0.4, 0.5) is 0 Å². The van der Waals surface area contributed by atoms with Gasteiger partial charge in [-0.1, -0.05) is 78.1 Å². The third-order valence-corrected chi connectivity index (χ3v) is 4.23. The number of hydrogen-bond donors (Lipinski definition) is 2. The van der Waals surface area contributed by atoms with Gasteiger partial charge in [0.15, 0.2) is 5.41 Å². The van der Waals surface area contributed by atoms with E-state index in [0.717, 1.165) is 51.4 Å². The van der Waals surface area contributed by atoms with Gasteiger partial charge in [0.1, 0.15) is 0 Å². The molecule has 0 aliphatic rings. The van der Waals surface area contributed by atoms with Crippen molar-refractivity contribution in [2.75, 3.05) is 0 Å². The number of carboxylic acids is 2. The van der Waals surface area contributed by atoms with Crippen molar-refractivity contribution < 1.29 is 22.7 Å². The van der Waals surface area contributed by atoms with Crippen LogP contribution in [-0.4, -0.2) is 45.2 Å². The second kappa shape index (κ2) is 14.3. The summed E-state index contributed by atoms with van der Waals surface area (Å²) >= 11 is 0. The summed E-state index contributed by atoms with van der Waals surface area (Å²) in [5.41, 5.74) is -1.57. The van der Waals surface area contributed by atoms with E-state index in [9.17, 15) is 19.8 Å². The molecule has 128 valence electrons. The van der Waals surface area contributed by atoms with Crippen LogP contribution in [0.2, 0.25) is 0 Å². The summed E-state index contributed by atoms with van der Waals surface area (Å²) in [4.78, 5) is 23.0. The molecule has 4 nitrogen and oxygen atoms in total. The third-order valence-electron chi connectivity index (χ3n) is 4.23. The standard InChI is InChI=1S/C17H32O4.Mg.2H/c1-3-5-7-9-11-13-17(15(18)19,16(20)21)14-12-10-8-6-4-2;;;/h3-14H2,1-2H3,(H,18,19)(H,20,21);;;/q;+2;2*-1. The summed E-state index contributed by atoms with van der Waals surface area (Å²) in [7, 11) is 0. The van der Waals surface area contributed by atoms with Crippen LogP contribution in [0.3, 0.4) is 0 Å². The molecular weight excluding hydrogens is 292 g/mol. The zero-order valence-electron chi connectivity index (χ0n) is 16.4. The van der Waals surface area contributed by atoms with Gasteiger partial charge in [0, 0.05) is 0 Å². The summed E-state index contributed by atoms with van der Waals surface area (Å²) in [6.07, 6.45) is 10.4. The van der Waals surface area contributed by atoms with Crippen molar-refractivity contribution in [1.82, 2.24) is 0 Å². The molecule has 0 aromatic heterocycles. The zero-order chi connectivity index (χ0) is 16.1. The van der Waals surface area contributed by atoms with Crippen LogP contribution >= 0.6 is 0 Å². The Bertz CT molecular complexity index is 285. The molecule has 0 spiro atoms. The van der Waals surface area contributed by atoms with E-state index >= 15 is 0 Å². The average molecular weight is 327 g/mol. The Morgan fingerprint density at radius 2 is 1.05 bits per heavy atom. The Labute approximate surface area is 154 Å². The molecule has 5 heteroatoms. The van der Waals surface area contributed by atoms with Crippen LogP contribution < -0.4 is 0 Å². The minimum atomic E-state index is -1.57. The Hall–Kier alpha value is -0.294. The van der Waals surface area contributed by atoms with Crippen molar-refractivity contribution in [2.24, 2.45) is 5.41 Å².